The molecule has 0 heterocycles. The predicted molar refractivity (Wildman–Crippen MR) is 87.8 cm³/mol. The molecule has 0 aromatic heterocycles. The number of rotatable bonds is 3. The Hall–Kier alpha value is -0.740. The van der Waals surface area contributed by atoms with Crippen molar-refractivity contribution in [1.29, 1.82) is 0 Å². The fourth-order valence-corrected chi connectivity index (χ4v) is 2.61. The Balaban J connectivity index is 2.18. The molecular formula is C14H9BrCl3NO. The van der Waals surface area contributed by atoms with Crippen LogP contribution in [-0.4, -0.2) is 5.91 Å². The van der Waals surface area contributed by atoms with E-state index in [2.05, 4.69) is 21.2 Å². The average molecular weight is 393 g/mol. The van der Waals surface area contributed by atoms with Crippen LogP contribution in [0, 0.1) is 0 Å². The zero-order chi connectivity index (χ0) is 14.7. The number of carbonyl (C=O) groups excluding carboxylic acids is 1. The third kappa shape index (κ3) is 3.47. The summed E-state index contributed by atoms with van der Waals surface area (Å²) in [5.41, 5.74) is 1.14. The fourth-order valence-electron chi connectivity index (χ4n) is 1.59. The number of hydrogen-bond acceptors (Lipinski definition) is 1. The van der Waals surface area contributed by atoms with E-state index in [4.69, 9.17) is 34.8 Å². The lowest BCUT2D eigenvalue weighted by Crippen LogP contribution is -2.17. The van der Waals surface area contributed by atoms with Gasteiger partial charge in [0.25, 0.3) is 0 Å². The number of carbonyl (C=O) groups is 1. The van der Waals surface area contributed by atoms with E-state index in [-0.39, 0.29) is 10.9 Å². The first-order chi connectivity index (χ1) is 9.50. The molecule has 2 aromatic rings. The van der Waals surface area contributed by atoms with E-state index in [0.29, 0.717) is 20.7 Å². The Morgan fingerprint density at radius 2 is 1.70 bits per heavy atom. The van der Waals surface area contributed by atoms with E-state index in [9.17, 15) is 4.79 Å². The van der Waals surface area contributed by atoms with Crippen LogP contribution in [0.15, 0.2) is 46.9 Å². The third-order valence-electron chi connectivity index (χ3n) is 2.62. The molecule has 0 aliphatic carbocycles. The highest BCUT2D eigenvalue weighted by Crippen LogP contribution is 2.36. The van der Waals surface area contributed by atoms with Gasteiger partial charge >= 0.3 is 0 Å². The van der Waals surface area contributed by atoms with Crippen molar-refractivity contribution in [2.75, 3.05) is 5.32 Å². The second kappa shape index (κ2) is 6.81. The van der Waals surface area contributed by atoms with Crippen LogP contribution in [0.4, 0.5) is 5.69 Å². The van der Waals surface area contributed by atoms with Gasteiger partial charge in [-0.05, 0) is 33.6 Å². The van der Waals surface area contributed by atoms with Crippen LogP contribution in [0.25, 0.3) is 0 Å². The van der Waals surface area contributed by atoms with Crippen molar-refractivity contribution in [1.82, 2.24) is 0 Å². The van der Waals surface area contributed by atoms with Gasteiger partial charge in [0.1, 0.15) is 5.38 Å². The highest BCUT2D eigenvalue weighted by atomic mass is 79.9. The Morgan fingerprint density at radius 3 is 2.35 bits per heavy atom. The van der Waals surface area contributed by atoms with Crippen LogP contribution in [0.3, 0.4) is 0 Å². The van der Waals surface area contributed by atoms with E-state index >= 15 is 0 Å². The molecule has 0 aliphatic rings. The summed E-state index contributed by atoms with van der Waals surface area (Å²) >= 11 is 21.5. The molecule has 2 aromatic carbocycles. The number of benzene rings is 2. The zero-order valence-corrected chi connectivity index (χ0v) is 13.9. The molecule has 0 bridgehead atoms. The molecule has 20 heavy (non-hydrogen) atoms. The van der Waals surface area contributed by atoms with Crippen LogP contribution < -0.4 is 5.32 Å². The third-order valence-corrected chi connectivity index (χ3v) is 4.84. The Bertz CT molecular complexity index is 634. The zero-order valence-electron chi connectivity index (χ0n) is 10.0. The van der Waals surface area contributed by atoms with Crippen molar-refractivity contribution in [3.8, 4) is 0 Å². The Labute approximate surface area is 140 Å². The minimum Gasteiger partial charge on any atom is -0.323 e. The molecule has 0 saturated heterocycles. The molecule has 0 spiro atoms. The van der Waals surface area contributed by atoms with Crippen LogP contribution in [0.2, 0.25) is 10.0 Å². The van der Waals surface area contributed by atoms with Crippen LogP contribution in [-0.2, 0) is 4.79 Å². The minimum absolute atomic E-state index is 0.270. The molecule has 6 heteroatoms. The Morgan fingerprint density at radius 1 is 1.05 bits per heavy atom. The van der Waals surface area contributed by atoms with Crippen molar-refractivity contribution < 1.29 is 4.79 Å². The summed E-state index contributed by atoms with van der Waals surface area (Å²) in [6, 6.07) is 12.4. The largest absolute Gasteiger partial charge is 0.323 e. The van der Waals surface area contributed by atoms with Gasteiger partial charge in [-0.3, -0.25) is 4.79 Å². The Kier molecular flexibility index (Phi) is 5.33. The maximum Gasteiger partial charge on any atom is 0.247 e. The SMILES string of the molecule is O=C(Nc1ccc(Br)c(Cl)c1Cl)C(Cl)c1ccccc1. The standard InChI is InChI=1S/C14H9BrCl3NO/c15-9-6-7-10(13(18)12(9)17)19-14(20)11(16)8-4-2-1-3-5-8/h1-7,11H,(H,19,20). The monoisotopic (exact) mass is 391 g/mol. The maximum absolute atomic E-state index is 12.1. The van der Waals surface area contributed by atoms with Gasteiger partial charge in [-0.1, -0.05) is 53.5 Å². The number of nitrogens with one attached hydrogen (secondary N) is 1. The summed E-state index contributed by atoms with van der Waals surface area (Å²) in [4.78, 5) is 12.1. The lowest BCUT2D eigenvalue weighted by atomic mass is 10.1. The number of hydrogen-bond donors (Lipinski definition) is 1. The van der Waals surface area contributed by atoms with Crippen molar-refractivity contribution in [2.45, 2.75) is 5.38 Å². The first-order valence-electron chi connectivity index (χ1n) is 5.64. The normalized spacial score (nSPS) is 12.0. The van der Waals surface area contributed by atoms with Gasteiger partial charge in [0.15, 0.2) is 0 Å². The smallest absolute Gasteiger partial charge is 0.247 e. The highest BCUT2D eigenvalue weighted by molar-refractivity contribution is 9.10. The molecule has 1 atom stereocenters. The topological polar surface area (TPSA) is 29.1 Å². The molecule has 2 nitrogen and oxygen atoms in total. The van der Waals surface area contributed by atoms with E-state index < -0.39 is 5.38 Å². The molecule has 0 aliphatic heterocycles. The van der Waals surface area contributed by atoms with Gasteiger partial charge in [-0.25, -0.2) is 0 Å². The van der Waals surface area contributed by atoms with Crippen LogP contribution in [0.5, 0.6) is 0 Å². The van der Waals surface area contributed by atoms with Gasteiger partial charge in [-0.2, -0.15) is 0 Å². The first-order valence-corrected chi connectivity index (χ1v) is 7.62. The van der Waals surface area contributed by atoms with Crippen molar-refractivity contribution in [3.05, 3.63) is 62.5 Å². The highest BCUT2D eigenvalue weighted by Gasteiger charge is 2.19. The van der Waals surface area contributed by atoms with Gasteiger partial charge < -0.3 is 5.32 Å². The van der Waals surface area contributed by atoms with E-state index in [1.165, 1.54) is 0 Å². The molecular weight excluding hydrogens is 384 g/mol. The number of anilines is 1. The maximum atomic E-state index is 12.1. The summed E-state index contributed by atoms with van der Waals surface area (Å²) in [5, 5.41) is 2.48. The van der Waals surface area contributed by atoms with E-state index in [1.807, 2.05) is 18.2 Å². The summed E-state index contributed by atoms with van der Waals surface area (Å²) in [7, 11) is 0. The number of alkyl halides is 1. The van der Waals surface area contributed by atoms with Gasteiger partial charge in [-0.15, -0.1) is 11.6 Å². The second-order valence-corrected chi connectivity index (χ2v) is 6.03. The van der Waals surface area contributed by atoms with Gasteiger partial charge in [0.2, 0.25) is 5.91 Å². The number of amides is 1. The van der Waals surface area contributed by atoms with Crippen molar-refractivity contribution in [3.63, 3.8) is 0 Å². The molecule has 1 N–H and O–H groups in total. The van der Waals surface area contributed by atoms with Gasteiger partial charge in [0.05, 0.1) is 15.7 Å². The van der Waals surface area contributed by atoms with E-state index in [1.54, 1.807) is 24.3 Å². The van der Waals surface area contributed by atoms with E-state index in [0.717, 1.165) is 0 Å². The molecule has 0 fully saturated rings. The first kappa shape index (κ1) is 15.6. The lowest BCUT2D eigenvalue weighted by molar-refractivity contribution is -0.116. The summed E-state index contributed by atoms with van der Waals surface area (Å²) < 4.78 is 0.660. The number of halogens is 4. The van der Waals surface area contributed by atoms with Crippen molar-refractivity contribution in [2.24, 2.45) is 0 Å². The average Bonchev–Trinajstić information content (AvgIpc) is 2.48. The van der Waals surface area contributed by atoms with Crippen molar-refractivity contribution >= 4 is 62.3 Å². The molecule has 0 saturated carbocycles. The fraction of sp³-hybridized carbons (Fsp3) is 0.0714. The molecule has 1 amide bonds. The summed E-state index contributed by atoms with van der Waals surface area (Å²) in [6.45, 7) is 0. The molecule has 104 valence electrons. The molecule has 0 radical (unpaired) electrons. The van der Waals surface area contributed by atoms with Crippen LogP contribution >= 0.6 is 50.7 Å². The molecule has 2 rings (SSSR count). The lowest BCUT2D eigenvalue weighted by Gasteiger charge is -2.13. The van der Waals surface area contributed by atoms with Gasteiger partial charge in [0, 0.05) is 4.47 Å². The quantitative estimate of drug-likeness (QED) is 0.528. The summed E-state index contributed by atoms with van der Waals surface area (Å²) in [5.74, 6) is -0.363. The molecule has 1 unspecified atom stereocenters. The minimum atomic E-state index is -0.797. The second-order valence-electron chi connectivity index (χ2n) is 3.99. The predicted octanol–water partition coefficient (Wildman–Crippen LogP) is 5.67. The van der Waals surface area contributed by atoms with Crippen LogP contribution in [0.1, 0.15) is 10.9 Å². The summed E-state index contributed by atoms with van der Waals surface area (Å²) in [6.07, 6.45) is 0.